The lowest BCUT2D eigenvalue weighted by atomic mass is 10.0. The van der Waals surface area contributed by atoms with Gasteiger partial charge in [0, 0.05) is 19.0 Å². The summed E-state index contributed by atoms with van der Waals surface area (Å²) < 4.78 is 5.51. The van der Waals surface area contributed by atoms with E-state index in [9.17, 15) is 9.90 Å². The van der Waals surface area contributed by atoms with Gasteiger partial charge in [-0.1, -0.05) is 30.3 Å². The van der Waals surface area contributed by atoms with E-state index in [0.717, 1.165) is 5.56 Å². The Morgan fingerprint density at radius 2 is 2.09 bits per heavy atom. The van der Waals surface area contributed by atoms with Gasteiger partial charge in [-0.25, -0.2) is 0 Å². The molecule has 128 valence electrons. The Kier molecular flexibility index (Phi) is 6.84. The summed E-state index contributed by atoms with van der Waals surface area (Å²) in [5.41, 5.74) is 0.886. The van der Waals surface area contributed by atoms with Crippen molar-refractivity contribution in [2.24, 2.45) is 0 Å². The van der Waals surface area contributed by atoms with Crippen molar-refractivity contribution in [1.29, 1.82) is 0 Å². The van der Waals surface area contributed by atoms with Crippen LogP contribution in [-0.2, 0) is 9.53 Å². The molecule has 1 aliphatic heterocycles. The molecule has 3 rings (SSSR count). The van der Waals surface area contributed by atoms with Crippen LogP contribution in [0, 0.1) is 0 Å². The molecule has 2 atom stereocenters. The third-order valence-electron chi connectivity index (χ3n) is 4.35. The molecule has 0 aromatic heterocycles. The molecule has 1 heterocycles. The second kappa shape index (κ2) is 8.64. The summed E-state index contributed by atoms with van der Waals surface area (Å²) >= 11 is 0. The lowest BCUT2D eigenvalue weighted by molar-refractivity contribution is -0.140. The van der Waals surface area contributed by atoms with E-state index in [2.05, 4.69) is 5.32 Å². The molecule has 5 nitrogen and oxygen atoms in total. The monoisotopic (exact) mass is 340 g/mol. The van der Waals surface area contributed by atoms with Gasteiger partial charge in [0.1, 0.15) is 0 Å². The predicted molar refractivity (Wildman–Crippen MR) is 90.6 cm³/mol. The fraction of sp³-hybridized carbons (Fsp3) is 0.588. The Bertz CT molecular complexity index is 496. The van der Waals surface area contributed by atoms with E-state index < -0.39 is 6.10 Å². The summed E-state index contributed by atoms with van der Waals surface area (Å²) in [5.74, 6) is 0.112. The van der Waals surface area contributed by atoms with Gasteiger partial charge in [-0.3, -0.25) is 4.79 Å². The Labute approximate surface area is 143 Å². The third-order valence-corrected chi connectivity index (χ3v) is 4.35. The highest BCUT2D eigenvalue weighted by atomic mass is 35.5. The molecule has 2 aliphatic rings. The first-order chi connectivity index (χ1) is 10.7. The normalized spacial score (nSPS) is 22.3. The SMILES string of the molecule is Cl.O=C(CNC1CC1)N1CCOCC1CC(O)c1ccccc1. The van der Waals surface area contributed by atoms with Crippen molar-refractivity contribution < 1.29 is 14.6 Å². The van der Waals surface area contributed by atoms with Crippen molar-refractivity contribution in [1.82, 2.24) is 10.2 Å². The minimum Gasteiger partial charge on any atom is -0.388 e. The number of benzene rings is 1. The molecule has 2 unspecified atom stereocenters. The molecule has 1 aliphatic carbocycles. The second-order valence-electron chi connectivity index (χ2n) is 6.13. The van der Waals surface area contributed by atoms with Crippen LogP contribution in [0.15, 0.2) is 30.3 Å². The summed E-state index contributed by atoms with van der Waals surface area (Å²) in [6, 6.07) is 10.1. The number of nitrogens with zero attached hydrogens (tertiary/aromatic N) is 1. The van der Waals surface area contributed by atoms with Crippen molar-refractivity contribution in [3.63, 3.8) is 0 Å². The molecule has 2 fully saturated rings. The maximum Gasteiger partial charge on any atom is 0.236 e. The number of rotatable bonds is 6. The number of nitrogens with one attached hydrogen (secondary N) is 1. The number of morpholine rings is 1. The number of carbonyl (C=O) groups is 1. The summed E-state index contributed by atoms with van der Waals surface area (Å²) in [5, 5.41) is 13.7. The Hall–Kier alpha value is -1.14. The molecule has 2 N–H and O–H groups in total. The molecular formula is C17H25ClN2O3. The van der Waals surface area contributed by atoms with Gasteiger partial charge in [-0.2, -0.15) is 0 Å². The molecule has 1 saturated heterocycles. The Morgan fingerprint density at radius 3 is 2.78 bits per heavy atom. The topological polar surface area (TPSA) is 61.8 Å². The van der Waals surface area contributed by atoms with E-state index in [0.29, 0.717) is 38.8 Å². The summed E-state index contributed by atoms with van der Waals surface area (Å²) in [6.07, 6.45) is 2.29. The van der Waals surface area contributed by atoms with Crippen LogP contribution in [0.5, 0.6) is 0 Å². The van der Waals surface area contributed by atoms with Crippen molar-refractivity contribution in [2.45, 2.75) is 37.5 Å². The molecule has 23 heavy (non-hydrogen) atoms. The standard InChI is InChI=1S/C17H24N2O3.ClH/c20-16(13-4-2-1-3-5-13)10-15-12-22-9-8-19(15)17(21)11-18-14-6-7-14;/h1-5,14-16,18,20H,6-12H2;1H. The minimum absolute atomic E-state index is 0. The van der Waals surface area contributed by atoms with Crippen LogP contribution in [0.1, 0.15) is 30.9 Å². The molecule has 0 spiro atoms. The van der Waals surface area contributed by atoms with E-state index in [1.54, 1.807) is 0 Å². The quantitative estimate of drug-likeness (QED) is 0.824. The van der Waals surface area contributed by atoms with Crippen molar-refractivity contribution in [2.75, 3.05) is 26.3 Å². The Morgan fingerprint density at radius 1 is 1.35 bits per heavy atom. The number of hydrogen-bond donors (Lipinski definition) is 2. The average Bonchev–Trinajstić information content (AvgIpc) is 3.38. The zero-order valence-corrected chi connectivity index (χ0v) is 14.0. The number of halogens is 1. The van der Waals surface area contributed by atoms with Gasteiger partial charge in [0.05, 0.1) is 31.9 Å². The van der Waals surface area contributed by atoms with E-state index in [4.69, 9.17) is 4.74 Å². The van der Waals surface area contributed by atoms with Crippen LogP contribution in [0.3, 0.4) is 0 Å². The maximum absolute atomic E-state index is 12.4. The number of hydrogen-bond acceptors (Lipinski definition) is 4. The van der Waals surface area contributed by atoms with Crippen LogP contribution in [0.25, 0.3) is 0 Å². The zero-order chi connectivity index (χ0) is 15.4. The lowest BCUT2D eigenvalue weighted by Gasteiger charge is -2.37. The highest BCUT2D eigenvalue weighted by Crippen LogP contribution is 2.23. The minimum atomic E-state index is -0.570. The smallest absolute Gasteiger partial charge is 0.236 e. The van der Waals surface area contributed by atoms with Crippen molar-refractivity contribution in [3.8, 4) is 0 Å². The molecule has 1 saturated carbocycles. The zero-order valence-electron chi connectivity index (χ0n) is 13.2. The fourth-order valence-corrected chi connectivity index (χ4v) is 2.87. The molecule has 1 aromatic carbocycles. The Balaban J connectivity index is 0.00000192. The van der Waals surface area contributed by atoms with Gasteiger partial charge in [0.25, 0.3) is 0 Å². The average molecular weight is 341 g/mol. The second-order valence-corrected chi connectivity index (χ2v) is 6.13. The van der Waals surface area contributed by atoms with E-state index in [1.165, 1.54) is 12.8 Å². The summed E-state index contributed by atoms with van der Waals surface area (Å²) in [7, 11) is 0. The van der Waals surface area contributed by atoms with Gasteiger partial charge in [-0.15, -0.1) is 12.4 Å². The molecule has 0 bridgehead atoms. The number of aliphatic hydroxyl groups excluding tert-OH is 1. The number of ether oxygens (including phenoxy) is 1. The molecular weight excluding hydrogens is 316 g/mol. The first kappa shape index (κ1) is 18.2. The summed E-state index contributed by atoms with van der Waals surface area (Å²) in [4.78, 5) is 14.3. The largest absolute Gasteiger partial charge is 0.388 e. The van der Waals surface area contributed by atoms with Crippen molar-refractivity contribution >= 4 is 18.3 Å². The van der Waals surface area contributed by atoms with E-state index in [1.807, 2.05) is 35.2 Å². The number of carbonyl (C=O) groups excluding carboxylic acids is 1. The number of aliphatic hydroxyl groups is 1. The first-order valence-electron chi connectivity index (χ1n) is 8.07. The fourth-order valence-electron chi connectivity index (χ4n) is 2.87. The third kappa shape index (κ3) is 5.18. The maximum atomic E-state index is 12.4. The summed E-state index contributed by atoms with van der Waals surface area (Å²) in [6.45, 7) is 2.08. The molecule has 6 heteroatoms. The lowest BCUT2D eigenvalue weighted by Crippen LogP contribution is -2.51. The van der Waals surface area contributed by atoms with Gasteiger partial charge in [0.15, 0.2) is 0 Å². The first-order valence-corrected chi connectivity index (χ1v) is 8.07. The van der Waals surface area contributed by atoms with Crippen LogP contribution in [0.2, 0.25) is 0 Å². The number of amides is 1. The van der Waals surface area contributed by atoms with Crippen LogP contribution < -0.4 is 5.32 Å². The predicted octanol–water partition coefficient (Wildman–Crippen LogP) is 1.51. The van der Waals surface area contributed by atoms with Crippen LogP contribution >= 0.6 is 12.4 Å². The molecule has 0 radical (unpaired) electrons. The highest BCUT2D eigenvalue weighted by molar-refractivity contribution is 5.85. The molecule has 1 amide bonds. The van der Waals surface area contributed by atoms with Gasteiger partial charge < -0.3 is 20.1 Å². The van der Waals surface area contributed by atoms with Crippen LogP contribution in [-0.4, -0.2) is 54.3 Å². The van der Waals surface area contributed by atoms with E-state index in [-0.39, 0.29) is 24.4 Å². The highest BCUT2D eigenvalue weighted by Gasteiger charge is 2.30. The molecule has 1 aromatic rings. The van der Waals surface area contributed by atoms with Crippen molar-refractivity contribution in [3.05, 3.63) is 35.9 Å². The van der Waals surface area contributed by atoms with Gasteiger partial charge >= 0.3 is 0 Å². The van der Waals surface area contributed by atoms with E-state index >= 15 is 0 Å². The van der Waals surface area contributed by atoms with Gasteiger partial charge in [0.2, 0.25) is 5.91 Å². The van der Waals surface area contributed by atoms with Crippen LogP contribution in [0.4, 0.5) is 0 Å². The van der Waals surface area contributed by atoms with Gasteiger partial charge in [-0.05, 0) is 18.4 Å².